The van der Waals surface area contributed by atoms with Gasteiger partial charge in [0.2, 0.25) is 0 Å². The summed E-state index contributed by atoms with van der Waals surface area (Å²) in [6, 6.07) is 22.2. The van der Waals surface area contributed by atoms with Crippen molar-refractivity contribution < 1.29 is 0 Å². The summed E-state index contributed by atoms with van der Waals surface area (Å²) in [5.74, 6) is 0. The van der Waals surface area contributed by atoms with Crippen molar-refractivity contribution in [2.45, 2.75) is 39.2 Å². The van der Waals surface area contributed by atoms with E-state index in [9.17, 15) is 0 Å². The van der Waals surface area contributed by atoms with E-state index in [-0.39, 0.29) is 17.8 Å². The van der Waals surface area contributed by atoms with Gasteiger partial charge in [0.1, 0.15) is 0 Å². The van der Waals surface area contributed by atoms with E-state index in [0.29, 0.717) is 6.04 Å². The number of benzene rings is 2. The van der Waals surface area contributed by atoms with Crippen molar-refractivity contribution in [3.05, 3.63) is 71.8 Å². The van der Waals surface area contributed by atoms with Gasteiger partial charge in [-0.05, 0) is 49.9 Å². The van der Waals surface area contributed by atoms with Gasteiger partial charge in [-0.1, -0.05) is 74.5 Å². The number of halogens is 1. The van der Waals surface area contributed by atoms with Crippen LogP contribution in [0.25, 0.3) is 0 Å². The van der Waals surface area contributed by atoms with Gasteiger partial charge in [-0.2, -0.15) is 0 Å². The third-order valence-electron chi connectivity index (χ3n) is 4.50. The highest BCUT2D eigenvalue weighted by Crippen LogP contribution is 2.40. The van der Waals surface area contributed by atoms with Gasteiger partial charge in [0.25, 0.3) is 0 Å². The second-order valence-corrected chi connectivity index (χ2v) is 7.10. The molecule has 126 valence electrons. The van der Waals surface area contributed by atoms with Crippen molar-refractivity contribution in [3.8, 4) is 0 Å². The number of nitrogens with zero attached hydrogens (tertiary/aromatic N) is 1. The van der Waals surface area contributed by atoms with Crippen molar-refractivity contribution in [2.24, 2.45) is 5.41 Å². The summed E-state index contributed by atoms with van der Waals surface area (Å²) in [6.07, 6.45) is 3.62. The van der Waals surface area contributed by atoms with Crippen LogP contribution in [-0.2, 0) is 6.42 Å². The largest absolute Gasteiger partial charge is 0.302 e. The summed E-state index contributed by atoms with van der Waals surface area (Å²) in [6.45, 7) is 4.80. The summed E-state index contributed by atoms with van der Waals surface area (Å²) < 4.78 is 0. The molecule has 0 aliphatic heterocycles. The van der Waals surface area contributed by atoms with E-state index in [2.05, 4.69) is 93.5 Å². The Hall–Kier alpha value is -1.31. The van der Waals surface area contributed by atoms with Crippen molar-refractivity contribution in [1.82, 2.24) is 4.90 Å². The zero-order valence-electron chi connectivity index (χ0n) is 14.8. The van der Waals surface area contributed by atoms with Crippen molar-refractivity contribution in [2.75, 3.05) is 14.1 Å². The van der Waals surface area contributed by atoms with Gasteiger partial charge < -0.3 is 4.90 Å². The first-order chi connectivity index (χ1) is 10.5. The van der Waals surface area contributed by atoms with E-state index in [1.807, 2.05) is 0 Å². The second kappa shape index (κ2) is 9.10. The fourth-order valence-electron chi connectivity index (χ4n) is 3.61. The van der Waals surface area contributed by atoms with Gasteiger partial charge in [-0.25, -0.2) is 0 Å². The van der Waals surface area contributed by atoms with Crippen LogP contribution in [0.4, 0.5) is 0 Å². The molecule has 0 bridgehead atoms. The molecule has 0 saturated carbocycles. The quantitative estimate of drug-likeness (QED) is 0.623. The van der Waals surface area contributed by atoms with Gasteiger partial charge >= 0.3 is 0 Å². The van der Waals surface area contributed by atoms with E-state index >= 15 is 0 Å². The molecule has 2 heteroatoms. The molecule has 2 aromatic carbocycles. The summed E-state index contributed by atoms with van der Waals surface area (Å²) in [5, 5.41) is 0. The molecule has 0 fully saturated rings. The van der Waals surface area contributed by atoms with Crippen LogP contribution in [0.3, 0.4) is 0 Å². The van der Waals surface area contributed by atoms with Gasteiger partial charge in [0.15, 0.2) is 0 Å². The first kappa shape index (κ1) is 19.7. The number of rotatable bonds is 7. The molecule has 0 radical (unpaired) electrons. The molecule has 1 unspecified atom stereocenters. The molecule has 0 aliphatic carbocycles. The summed E-state index contributed by atoms with van der Waals surface area (Å²) in [4.78, 5) is 2.36. The monoisotopic (exact) mass is 331 g/mol. The van der Waals surface area contributed by atoms with Crippen LogP contribution in [0.1, 0.15) is 43.9 Å². The fraction of sp³-hybridized carbons (Fsp3) is 0.429. The first-order valence-electron chi connectivity index (χ1n) is 8.26. The number of hydrogen-bond acceptors (Lipinski definition) is 1. The van der Waals surface area contributed by atoms with Crippen LogP contribution in [0.15, 0.2) is 60.7 Å². The third kappa shape index (κ3) is 5.67. The SMILES string of the molecule is CN(C)C(c1ccccc1)C(C)(C)CCCc1ccccc1.Cl. The highest BCUT2D eigenvalue weighted by atomic mass is 35.5. The maximum absolute atomic E-state index is 2.40. The zero-order valence-corrected chi connectivity index (χ0v) is 15.6. The first-order valence-corrected chi connectivity index (χ1v) is 8.26. The predicted molar refractivity (Wildman–Crippen MR) is 103 cm³/mol. The molecular formula is C21H30ClN. The zero-order chi connectivity index (χ0) is 16.0. The van der Waals surface area contributed by atoms with Crippen molar-refractivity contribution in [1.29, 1.82) is 0 Å². The Bertz CT molecular complexity index is 549. The van der Waals surface area contributed by atoms with E-state index in [4.69, 9.17) is 0 Å². The molecular weight excluding hydrogens is 302 g/mol. The van der Waals surface area contributed by atoms with Gasteiger partial charge in [-0.15, -0.1) is 12.4 Å². The number of hydrogen-bond donors (Lipinski definition) is 0. The Kier molecular flexibility index (Phi) is 7.81. The van der Waals surface area contributed by atoms with Gasteiger partial charge in [-0.3, -0.25) is 0 Å². The predicted octanol–water partition coefficient (Wildman–Crippen LogP) is 5.76. The summed E-state index contributed by atoms with van der Waals surface area (Å²) in [5.41, 5.74) is 3.11. The van der Waals surface area contributed by atoms with Crippen molar-refractivity contribution >= 4 is 12.4 Å². The second-order valence-electron chi connectivity index (χ2n) is 7.10. The molecule has 1 nitrogen and oxygen atoms in total. The highest BCUT2D eigenvalue weighted by molar-refractivity contribution is 5.85. The molecule has 0 amide bonds. The Morgan fingerprint density at radius 2 is 1.39 bits per heavy atom. The highest BCUT2D eigenvalue weighted by Gasteiger charge is 2.31. The maximum Gasteiger partial charge on any atom is 0.0393 e. The summed E-state index contributed by atoms with van der Waals surface area (Å²) in [7, 11) is 4.38. The van der Waals surface area contributed by atoms with E-state index in [1.54, 1.807) is 0 Å². The Morgan fingerprint density at radius 3 is 1.91 bits per heavy atom. The minimum atomic E-state index is 0. The molecule has 1 atom stereocenters. The van der Waals surface area contributed by atoms with Crippen molar-refractivity contribution in [3.63, 3.8) is 0 Å². The van der Waals surface area contributed by atoms with E-state index < -0.39 is 0 Å². The molecule has 0 aliphatic rings. The average molecular weight is 332 g/mol. The third-order valence-corrected chi connectivity index (χ3v) is 4.50. The van der Waals surface area contributed by atoms with Crippen LogP contribution in [-0.4, -0.2) is 19.0 Å². The molecule has 2 rings (SSSR count). The molecule has 0 saturated heterocycles. The molecule has 0 N–H and O–H groups in total. The molecule has 2 aromatic rings. The van der Waals surface area contributed by atoms with Gasteiger partial charge in [0, 0.05) is 6.04 Å². The molecule has 0 spiro atoms. The lowest BCUT2D eigenvalue weighted by Crippen LogP contribution is -2.33. The molecule has 0 aromatic heterocycles. The Labute approximate surface area is 148 Å². The van der Waals surface area contributed by atoms with E-state index in [0.717, 1.165) is 0 Å². The minimum Gasteiger partial charge on any atom is -0.302 e. The maximum atomic E-state index is 2.40. The Morgan fingerprint density at radius 1 is 0.870 bits per heavy atom. The lowest BCUT2D eigenvalue weighted by Gasteiger charge is -2.39. The number of aryl methyl sites for hydroxylation is 1. The standard InChI is InChI=1S/C21H29N.ClH/c1-21(2,17-11-14-18-12-7-5-8-13-18)20(22(3)4)19-15-9-6-10-16-19;/h5-10,12-13,15-16,20H,11,14,17H2,1-4H3;1H. The lowest BCUT2D eigenvalue weighted by molar-refractivity contribution is 0.124. The van der Waals surface area contributed by atoms with Gasteiger partial charge in [0.05, 0.1) is 0 Å². The van der Waals surface area contributed by atoms with Crippen LogP contribution in [0.2, 0.25) is 0 Å². The van der Waals surface area contributed by atoms with E-state index in [1.165, 1.54) is 30.4 Å². The Balaban J connectivity index is 0.00000264. The lowest BCUT2D eigenvalue weighted by atomic mass is 9.76. The van der Waals surface area contributed by atoms with Crippen LogP contribution in [0.5, 0.6) is 0 Å². The van der Waals surface area contributed by atoms with Crippen LogP contribution >= 0.6 is 12.4 Å². The fourth-order valence-corrected chi connectivity index (χ4v) is 3.61. The van der Waals surface area contributed by atoms with Crippen LogP contribution in [0, 0.1) is 5.41 Å². The topological polar surface area (TPSA) is 3.24 Å². The minimum absolute atomic E-state index is 0. The molecule has 23 heavy (non-hydrogen) atoms. The molecule has 0 heterocycles. The average Bonchev–Trinajstić information content (AvgIpc) is 2.48. The van der Waals surface area contributed by atoms with Crippen LogP contribution < -0.4 is 0 Å². The smallest absolute Gasteiger partial charge is 0.0393 e. The normalized spacial score (nSPS) is 12.7. The summed E-state index contributed by atoms with van der Waals surface area (Å²) >= 11 is 0.